The van der Waals surface area contributed by atoms with Crippen LogP contribution < -0.4 is 0 Å². The lowest BCUT2D eigenvalue weighted by atomic mass is 10.6. The van der Waals surface area contributed by atoms with Crippen molar-refractivity contribution in [3.63, 3.8) is 0 Å². The van der Waals surface area contributed by atoms with Crippen LogP contribution in [-0.2, 0) is 0 Å². The van der Waals surface area contributed by atoms with Gasteiger partial charge in [-0.3, -0.25) is 4.40 Å². The summed E-state index contributed by atoms with van der Waals surface area (Å²) in [5.41, 5.74) is 0.734. The second-order valence-corrected chi connectivity index (χ2v) is 3.19. The summed E-state index contributed by atoms with van der Waals surface area (Å²) in [6, 6.07) is -0.0297. The quantitative estimate of drug-likeness (QED) is 0.721. The topological polar surface area (TPSA) is 50.4 Å². The number of halogens is 1. The number of nitrogens with zero attached hydrogens (tertiary/aromatic N) is 3. The van der Waals surface area contributed by atoms with Gasteiger partial charge in [-0.05, 0) is 22.6 Å². The lowest BCUT2D eigenvalue weighted by molar-refractivity contribution is 0.422. The Morgan fingerprint density at radius 3 is 3.00 bits per heavy atom. The van der Waals surface area contributed by atoms with Crippen molar-refractivity contribution in [1.29, 1.82) is 0 Å². The first-order valence-electron chi connectivity index (χ1n) is 2.95. The van der Waals surface area contributed by atoms with Crippen molar-refractivity contribution in [2.24, 2.45) is 0 Å². The summed E-state index contributed by atoms with van der Waals surface area (Å²) < 4.78 is 2.45. The van der Waals surface area contributed by atoms with E-state index in [1.54, 1.807) is 18.6 Å². The Kier molecular flexibility index (Phi) is 1.45. The lowest BCUT2D eigenvalue weighted by Gasteiger charge is -1.96. The van der Waals surface area contributed by atoms with Crippen LogP contribution in [0.4, 0.5) is 0 Å². The average molecular weight is 261 g/mol. The zero-order valence-electron chi connectivity index (χ0n) is 5.40. The summed E-state index contributed by atoms with van der Waals surface area (Å²) in [7, 11) is 0. The van der Waals surface area contributed by atoms with Crippen LogP contribution in [0.1, 0.15) is 0 Å². The number of hydrogen-bond donors (Lipinski definition) is 1. The molecule has 4 nitrogen and oxygen atoms in total. The largest absolute Gasteiger partial charge is 0.480 e. The molecule has 0 amide bonds. The summed E-state index contributed by atoms with van der Waals surface area (Å²) in [5.74, 6) is 0. The normalized spacial score (nSPS) is 10.6. The molecule has 11 heavy (non-hydrogen) atoms. The van der Waals surface area contributed by atoms with Gasteiger partial charge in [0.15, 0.2) is 5.65 Å². The van der Waals surface area contributed by atoms with Crippen molar-refractivity contribution in [3.8, 4) is 6.01 Å². The summed E-state index contributed by atoms with van der Waals surface area (Å²) in [6.07, 6.45) is 4.87. The first-order chi connectivity index (χ1) is 5.29. The van der Waals surface area contributed by atoms with Crippen molar-refractivity contribution >= 4 is 28.2 Å². The number of rotatable bonds is 0. The predicted molar refractivity (Wildman–Crippen MR) is 47.4 cm³/mol. The van der Waals surface area contributed by atoms with Gasteiger partial charge in [0.25, 0.3) is 6.01 Å². The summed E-state index contributed by atoms with van der Waals surface area (Å²) in [6.45, 7) is 0. The van der Waals surface area contributed by atoms with Gasteiger partial charge in [-0.2, -0.15) is 0 Å². The Morgan fingerprint density at radius 2 is 2.27 bits per heavy atom. The van der Waals surface area contributed by atoms with E-state index in [1.807, 2.05) is 0 Å². The van der Waals surface area contributed by atoms with Crippen LogP contribution in [-0.4, -0.2) is 19.5 Å². The summed E-state index contributed by atoms with van der Waals surface area (Å²) in [5, 5.41) is 9.19. The van der Waals surface area contributed by atoms with E-state index in [9.17, 15) is 5.11 Å². The highest BCUT2D eigenvalue weighted by molar-refractivity contribution is 14.1. The molecule has 0 atom stereocenters. The first-order valence-corrected chi connectivity index (χ1v) is 4.03. The van der Waals surface area contributed by atoms with Crippen LogP contribution in [0.15, 0.2) is 18.6 Å². The maximum atomic E-state index is 9.19. The Balaban J connectivity index is 2.96. The fraction of sp³-hybridized carbons (Fsp3) is 0. The Morgan fingerprint density at radius 1 is 1.45 bits per heavy atom. The summed E-state index contributed by atoms with van der Waals surface area (Å²) >= 11 is 2.11. The monoisotopic (exact) mass is 261 g/mol. The first kappa shape index (κ1) is 6.84. The molecular formula is C6H4IN3O. The molecule has 0 bridgehead atoms. The second-order valence-electron chi connectivity index (χ2n) is 2.03. The predicted octanol–water partition coefficient (Wildman–Crippen LogP) is 1.04. The molecule has 56 valence electrons. The van der Waals surface area contributed by atoms with Crippen LogP contribution in [0, 0.1) is 3.57 Å². The van der Waals surface area contributed by atoms with Gasteiger partial charge < -0.3 is 5.11 Å². The summed E-state index contributed by atoms with van der Waals surface area (Å²) in [4.78, 5) is 7.78. The molecule has 0 aliphatic heterocycles. The Labute approximate surface area is 76.0 Å². The second kappa shape index (κ2) is 2.33. The standard InChI is InChI=1S/C6H4IN3O/c7-4-3-9-6(11)10-2-1-8-5(4)10/h1-3H,(H,9,11). The average Bonchev–Trinajstić information content (AvgIpc) is 2.45. The Hall–Kier alpha value is -0.850. The van der Waals surface area contributed by atoms with Crippen molar-refractivity contribution < 1.29 is 5.11 Å². The van der Waals surface area contributed by atoms with Crippen molar-refractivity contribution in [2.75, 3.05) is 0 Å². The zero-order valence-corrected chi connectivity index (χ0v) is 7.56. The van der Waals surface area contributed by atoms with E-state index in [0.717, 1.165) is 9.22 Å². The van der Waals surface area contributed by atoms with E-state index in [1.165, 1.54) is 4.40 Å². The van der Waals surface area contributed by atoms with Gasteiger partial charge in [0.2, 0.25) is 0 Å². The van der Waals surface area contributed by atoms with Gasteiger partial charge in [0.05, 0.1) is 3.57 Å². The number of hydrogen-bond acceptors (Lipinski definition) is 3. The van der Waals surface area contributed by atoms with E-state index in [2.05, 4.69) is 32.6 Å². The molecule has 0 saturated carbocycles. The highest BCUT2D eigenvalue weighted by atomic mass is 127. The minimum atomic E-state index is -0.0297. The molecule has 2 aromatic rings. The van der Waals surface area contributed by atoms with Crippen LogP contribution in [0.25, 0.3) is 5.65 Å². The van der Waals surface area contributed by atoms with Crippen LogP contribution in [0.2, 0.25) is 0 Å². The molecule has 1 N–H and O–H groups in total. The SMILES string of the molecule is Oc1ncc(I)c2nccn12. The number of imidazole rings is 1. The van der Waals surface area contributed by atoms with Crippen LogP contribution in [0.3, 0.4) is 0 Å². The maximum Gasteiger partial charge on any atom is 0.299 e. The molecule has 2 heterocycles. The van der Waals surface area contributed by atoms with Crippen molar-refractivity contribution in [2.45, 2.75) is 0 Å². The van der Waals surface area contributed by atoms with E-state index < -0.39 is 0 Å². The van der Waals surface area contributed by atoms with Gasteiger partial charge in [0.1, 0.15) is 0 Å². The highest BCUT2D eigenvalue weighted by Crippen LogP contribution is 2.14. The van der Waals surface area contributed by atoms with Gasteiger partial charge >= 0.3 is 0 Å². The number of aromatic nitrogens is 3. The number of fused-ring (bicyclic) bond motifs is 1. The van der Waals surface area contributed by atoms with Gasteiger partial charge in [-0.1, -0.05) is 0 Å². The van der Waals surface area contributed by atoms with Crippen molar-refractivity contribution in [1.82, 2.24) is 14.4 Å². The molecule has 0 aliphatic rings. The van der Waals surface area contributed by atoms with Crippen LogP contribution >= 0.6 is 22.6 Å². The maximum absolute atomic E-state index is 9.19. The third-order valence-electron chi connectivity index (χ3n) is 1.36. The highest BCUT2D eigenvalue weighted by Gasteiger charge is 2.02. The van der Waals surface area contributed by atoms with Gasteiger partial charge in [0, 0.05) is 18.6 Å². The fourth-order valence-electron chi connectivity index (χ4n) is 0.876. The van der Waals surface area contributed by atoms with Crippen LogP contribution in [0.5, 0.6) is 6.01 Å². The molecule has 2 aromatic heterocycles. The molecule has 5 heteroatoms. The molecule has 0 fully saturated rings. The van der Waals surface area contributed by atoms with E-state index >= 15 is 0 Å². The molecule has 0 saturated heterocycles. The third-order valence-corrected chi connectivity index (χ3v) is 2.12. The molecule has 0 aromatic carbocycles. The Bertz CT molecular complexity index is 362. The molecule has 0 aliphatic carbocycles. The minimum absolute atomic E-state index is 0.0297. The molecule has 0 spiro atoms. The third kappa shape index (κ3) is 0.953. The molecular weight excluding hydrogens is 257 g/mol. The van der Waals surface area contributed by atoms with Crippen molar-refractivity contribution in [3.05, 3.63) is 22.2 Å². The molecule has 2 rings (SSSR count). The van der Waals surface area contributed by atoms with E-state index in [0.29, 0.717) is 0 Å². The van der Waals surface area contributed by atoms with E-state index in [-0.39, 0.29) is 6.01 Å². The molecule has 0 radical (unpaired) electrons. The zero-order chi connectivity index (χ0) is 7.84. The fourth-order valence-corrected chi connectivity index (χ4v) is 1.41. The smallest absolute Gasteiger partial charge is 0.299 e. The van der Waals surface area contributed by atoms with E-state index in [4.69, 9.17) is 0 Å². The number of aromatic hydroxyl groups is 1. The minimum Gasteiger partial charge on any atom is -0.480 e. The van der Waals surface area contributed by atoms with Gasteiger partial charge in [-0.15, -0.1) is 0 Å². The lowest BCUT2D eigenvalue weighted by Crippen LogP contribution is -1.90. The van der Waals surface area contributed by atoms with Gasteiger partial charge in [-0.25, -0.2) is 9.97 Å². The molecule has 0 unspecified atom stereocenters.